The van der Waals surface area contributed by atoms with Gasteiger partial charge in [-0.3, -0.25) is 9.97 Å². The number of aromatic nitrogens is 2. The third kappa shape index (κ3) is 3.37. The maximum Gasteiger partial charge on any atom is 0.321 e. The van der Waals surface area contributed by atoms with Crippen LogP contribution in [0.4, 0.5) is 10.5 Å². The largest absolute Gasteiger partial charge is 0.325 e. The zero-order valence-corrected chi connectivity index (χ0v) is 11.8. The Kier molecular flexibility index (Phi) is 4.09. The number of piperidine rings is 1. The van der Waals surface area contributed by atoms with Gasteiger partial charge in [0, 0.05) is 19.3 Å². The van der Waals surface area contributed by atoms with Crippen molar-refractivity contribution in [3.05, 3.63) is 42.7 Å². The van der Waals surface area contributed by atoms with Gasteiger partial charge in [-0.2, -0.15) is 0 Å². The Labute approximate surface area is 124 Å². The summed E-state index contributed by atoms with van der Waals surface area (Å²) in [4.78, 5) is 22.6. The Morgan fingerprint density at radius 1 is 1.00 bits per heavy atom. The van der Waals surface area contributed by atoms with Crippen molar-refractivity contribution >= 4 is 11.7 Å². The topological polar surface area (TPSA) is 58.1 Å². The smallest absolute Gasteiger partial charge is 0.321 e. The molecule has 108 valence electrons. The van der Waals surface area contributed by atoms with Crippen LogP contribution >= 0.6 is 0 Å². The number of rotatable bonds is 2. The van der Waals surface area contributed by atoms with Gasteiger partial charge >= 0.3 is 6.03 Å². The highest BCUT2D eigenvalue weighted by Gasteiger charge is 2.16. The summed E-state index contributed by atoms with van der Waals surface area (Å²) >= 11 is 0. The molecule has 0 aliphatic carbocycles. The van der Waals surface area contributed by atoms with Crippen molar-refractivity contribution in [1.82, 2.24) is 14.9 Å². The quantitative estimate of drug-likeness (QED) is 0.920. The molecule has 1 fully saturated rings. The number of nitrogens with one attached hydrogen (secondary N) is 1. The van der Waals surface area contributed by atoms with Crippen LogP contribution in [-0.4, -0.2) is 34.0 Å². The van der Waals surface area contributed by atoms with Crippen LogP contribution in [0.3, 0.4) is 0 Å². The third-order valence-electron chi connectivity index (χ3n) is 3.59. The summed E-state index contributed by atoms with van der Waals surface area (Å²) in [7, 11) is 0. The molecule has 0 radical (unpaired) electrons. The van der Waals surface area contributed by atoms with Crippen molar-refractivity contribution in [2.75, 3.05) is 18.4 Å². The molecule has 2 aromatic heterocycles. The highest BCUT2D eigenvalue weighted by Crippen LogP contribution is 2.16. The highest BCUT2D eigenvalue weighted by molar-refractivity contribution is 5.89. The predicted molar refractivity (Wildman–Crippen MR) is 81.9 cm³/mol. The summed E-state index contributed by atoms with van der Waals surface area (Å²) in [5, 5.41) is 2.89. The second kappa shape index (κ2) is 6.35. The van der Waals surface area contributed by atoms with Crippen LogP contribution in [0.5, 0.6) is 0 Å². The number of anilines is 1. The fraction of sp³-hybridized carbons (Fsp3) is 0.312. The number of carbonyl (C=O) groups is 1. The Morgan fingerprint density at radius 2 is 1.81 bits per heavy atom. The van der Waals surface area contributed by atoms with E-state index < -0.39 is 0 Å². The second-order valence-electron chi connectivity index (χ2n) is 5.12. The molecule has 0 saturated carbocycles. The average Bonchev–Trinajstić information content (AvgIpc) is 2.57. The number of amides is 2. The molecular formula is C16H18N4O. The molecule has 1 N–H and O–H groups in total. The minimum Gasteiger partial charge on any atom is -0.325 e. The van der Waals surface area contributed by atoms with Crippen molar-refractivity contribution in [1.29, 1.82) is 0 Å². The van der Waals surface area contributed by atoms with Gasteiger partial charge in [0.05, 0.1) is 23.3 Å². The van der Waals surface area contributed by atoms with Gasteiger partial charge in [0.25, 0.3) is 0 Å². The molecule has 1 aliphatic rings. The zero-order valence-electron chi connectivity index (χ0n) is 11.8. The Bertz CT molecular complexity index is 591. The van der Waals surface area contributed by atoms with Crippen molar-refractivity contribution in [2.24, 2.45) is 0 Å². The van der Waals surface area contributed by atoms with Gasteiger partial charge in [-0.05, 0) is 43.5 Å². The summed E-state index contributed by atoms with van der Waals surface area (Å²) in [6.45, 7) is 1.68. The SMILES string of the molecule is O=C(Nc1ccc(-c2ccccn2)nc1)N1CCCCC1. The normalized spacial score (nSPS) is 14.8. The van der Waals surface area contributed by atoms with Crippen LogP contribution in [0.1, 0.15) is 19.3 Å². The van der Waals surface area contributed by atoms with Crippen molar-refractivity contribution in [3.8, 4) is 11.4 Å². The number of carbonyl (C=O) groups excluding carboxylic acids is 1. The predicted octanol–water partition coefficient (Wildman–Crippen LogP) is 3.16. The lowest BCUT2D eigenvalue weighted by molar-refractivity contribution is 0.200. The Hall–Kier alpha value is -2.43. The van der Waals surface area contributed by atoms with E-state index in [4.69, 9.17) is 0 Å². The number of likely N-dealkylation sites (tertiary alicyclic amines) is 1. The lowest BCUT2D eigenvalue weighted by Gasteiger charge is -2.26. The van der Waals surface area contributed by atoms with Crippen LogP contribution < -0.4 is 5.32 Å². The summed E-state index contributed by atoms with van der Waals surface area (Å²) in [6.07, 6.45) is 6.80. The summed E-state index contributed by atoms with van der Waals surface area (Å²) in [6, 6.07) is 9.40. The fourth-order valence-corrected chi connectivity index (χ4v) is 2.43. The minimum atomic E-state index is -0.0397. The highest BCUT2D eigenvalue weighted by atomic mass is 16.2. The second-order valence-corrected chi connectivity index (χ2v) is 5.12. The Morgan fingerprint density at radius 3 is 2.48 bits per heavy atom. The molecule has 1 aliphatic heterocycles. The zero-order chi connectivity index (χ0) is 14.5. The molecule has 5 nitrogen and oxygen atoms in total. The maximum atomic E-state index is 12.1. The molecule has 0 bridgehead atoms. The van der Waals surface area contributed by atoms with Gasteiger partial charge in [-0.15, -0.1) is 0 Å². The molecule has 0 atom stereocenters. The van der Waals surface area contributed by atoms with Crippen LogP contribution in [0.15, 0.2) is 42.7 Å². The molecule has 0 spiro atoms. The van der Waals surface area contributed by atoms with Gasteiger partial charge in [0.2, 0.25) is 0 Å². The van der Waals surface area contributed by atoms with Crippen LogP contribution in [0, 0.1) is 0 Å². The monoisotopic (exact) mass is 282 g/mol. The number of nitrogens with zero attached hydrogens (tertiary/aromatic N) is 3. The van der Waals surface area contributed by atoms with E-state index in [0.29, 0.717) is 5.69 Å². The lowest BCUT2D eigenvalue weighted by atomic mass is 10.1. The first kappa shape index (κ1) is 13.5. The van der Waals surface area contributed by atoms with Crippen molar-refractivity contribution < 1.29 is 4.79 Å². The van der Waals surface area contributed by atoms with Gasteiger partial charge in [-0.1, -0.05) is 6.07 Å². The minimum absolute atomic E-state index is 0.0397. The standard InChI is InChI=1S/C16H18N4O/c21-16(20-10-4-1-5-11-20)19-13-7-8-15(18-12-13)14-6-2-3-9-17-14/h2-3,6-9,12H,1,4-5,10-11H2,(H,19,21). The van der Waals surface area contributed by atoms with Crippen molar-refractivity contribution in [2.45, 2.75) is 19.3 Å². The molecule has 3 rings (SSSR count). The first-order chi connectivity index (χ1) is 10.3. The maximum absolute atomic E-state index is 12.1. The van der Waals surface area contributed by atoms with E-state index in [1.165, 1.54) is 6.42 Å². The van der Waals surface area contributed by atoms with E-state index in [9.17, 15) is 4.79 Å². The van der Waals surface area contributed by atoms with E-state index in [0.717, 1.165) is 37.3 Å². The lowest BCUT2D eigenvalue weighted by Crippen LogP contribution is -2.38. The fourth-order valence-electron chi connectivity index (χ4n) is 2.43. The molecule has 3 heterocycles. The number of pyridine rings is 2. The molecule has 0 aromatic carbocycles. The Balaban J connectivity index is 1.65. The summed E-state index contributed by atoms with van der Waals surface area (Å²) in [5.74, 6) is 0. The molecular weight excluding hydrogens is 264 g/mol. The first-order valence-electron chi connectivity index (χ1n) is 7.26. The first-order valence-corrected chi connectivity index (χ1v) is 7.26. The third-order valence-corrected chi connectivity index (χ3v) is 3.59. The average molecular weight is 282 g/mol. The summed E-state index contributed by atoms with van der Waals surface area (Å²) < 4.78 is 0. The number of urea groups is 1. The molecule has 21 heavy (non-hydrogen) atoms. The van der Waals surface area contributed by atoms with Crippen LogP contribution in [0.25, 0.3) is 11.4 Å². The molecule has 5 heteroatoms. The van der Waals surface area contributed by atoms with Crippen LogP contribution in [0.2, 0.25) is 0 Å². The molecule has 2 amide bonds. The van der Waals surface area contributed by atoms with E-state index in [2.05, 4.69) is 15.3 Å². The molecule has 2 aromatic rings. The van der Waals surface area contributed by atoms with Gasteiger partial charge in [-0.25, -0.2) is 4.79 Å². The van der Waals surface area contributed by atoms with Crippen LogP contribution in [-0.2, 0) is 0 Å². The molecule has 1 saturated heterocycles. The van der Waals surface area contributed by atoms with E-state index >= 15 is 0 Å². The van der Waals surface area contributed by atoms with Crippen molar-refractivity contribution in [3.63, 3.8) is 0 Å². The van der Waals surface area contributed by atoms with Gasteiger partial charge in [0.1, 0.15) is 0 Å². The number of hydrogen-bond donors (Lipinski definition) is 1. The summed E-state index contributed by atoms with van der Waals surface area (Å²) in [5.41, 5.74) is 2.34. The number of hydrogen-bond acceptors (Lipinski definition) is 3. The van der Waals surface area contributed by atoms with Gasteiger partial charge < -0.3 is 10.2 Å². The molecule has 0 unspecified atom stereocenters. The van der Waals surface area contributed by atoms with E-state index in [1.807, 2.05) is 35.2 Å². The van der Waals surface area contributed by atoms with E-state index in [1.54, 1.807) is 12.4 Å². The van der Waals surface area contributed by atoms with Gasteiger partial charge in [0.15, 0.2) is 0 Å². The van der Waals surface area contributed by atoms with E-state index in [-0.39, 0.29) is 6.03 Å².